The van der Waals surface area contributed by atoms with E-state index < -0.39 is 0 Å². The molecule has 3 rings (SSSR count). The highest BCUT2D eigenvalue weighted by Crippen LogP contribution is 2.19. The van der Waals surface area contributed by atoms with Crippen molar-refractivity contribution < 1.29 is 9.59 Å². The number of carbonyl (C=O) groups excluding carboxylic acids is 2. The van der Waals surface area contributed by atoms with Crippen LogP contribution in [0.15, 0.2) is 72.9 Å². The quantitative estimate of drug-likeness (QED) is 0.711. The summed E-state index contributed by atoms with van der Waals surface area (Å²) in [7, 11) is 0. The van der Waals surface area contributed by atoms with Gasteiger partial charge in [-0.25, -0.2) is 0 Å². The molecule has 2 aromatic carbocycles. The van der Waals surface area contributed by atoms with Crippen LogP contribution in [-0.2, 0) is 6.54 Å². The van der Waals surface area contributed by atoms with Gasteiger partial charge in [0.05, 0.1) is 12.2 Å². The van der Waals surface area contributed by atoms with Gasteiger partial charge in [-0.3, -0.25) is 14.6 Å². The molecule has 0 aliphatic rings. The lowest BCUT2D eigenvalue weighted by atomic mass is 10.1. The summed E-state index contributed by atoms with van der Waals surface area (Å²) in [5.74, 6) is -0.369. The first-order valence-corrected chi connectivity index (χ1v) is 9.25. The predicted octanol–water partition coefficient (Wildman–Crippen LogP) is 3.99. The van der Waals surface area contributed by atoms with E-state index in [4.69, 9.17) is 0 Å². The summed E-state index contributed by atoms with van der Waals surface area (Å²) in [6.45, 7) is 4.80. The lowest BCUT2D eigenvalue weighted by Crippen LogP contribution is -2.31. The van der Waals surface area contributed by atoms with Crippen molar-refractivity contribution in [2.24, 2.45) is 0 Å². The topological polar surface area (TPSA) is 62.3 Å². The van der Waals surface area contributed by atoms with E-state index in [1.807, 2.05) is 56.3 Å². The Hall–Kier alpha value is -3.47. The van der Waals surface area contributed by atoms with Gasteiger partial charge in [0.25, 0.3) is 11.8 Å². The molecule has 2 amide bonds. The number of benzene rings is 2. The molecule has 0 aliphatic heterocycles. The molecule has 3 aromatic rings. The first-order chi connectivity index (χ1) is 13.6. The van der Waals surface area contributed by atoms with E-state index in [9.17, 15) is 9.59 Å². The first kappa shape index (κ1) is 19.3. The van der Waals surface area contributed by atoms with Crippen LogP contribution < -0.4 is 10.2 Å². The zero-order chi connectivity index (χ0) is 19.9. The highest BCUT2D eigenvalue weighted by molar-refractivity contribution is 6.07. The fourth-order valence-electron chi connectivity index (χ4n) is 2.96. The van der Waals surface area contributed by atoms with E-state index in [0.29, 0.717) is 24.2 Å². The van der Waals surface area contributed by atoms with Crippen LogP contribution in [0.5, 0.6) is 0 Å². The number of hydrogen-bond acceptors (Lipinski definition) is 3. The van der Waals surface area contributed by atoms with Crippen molar-refractivity contribution in [1.82, 2.24) is 10.3 Å². The van der Waals surface area contributed by atoms with Crippen molar-refractivity contribution in [1.29, 1.82) is 0 Å². The zero-order valence-corrected chi connectivity index (χ0v) is 16.1. The molecule has 0 saturated carbocycles. The van der Waals surface area contributed by atoms with Crippen molar-refractivity contribution in [2.45, 2.75) is 20.4 Å². The van der Waals surface area contributed by atoms with Crippen LogP contribution in [0.1, 0.15) is 38.9 Å². The van der Waals surface area contributed by atoms with Gasteiger partial charge in [0.2, 0.25) is 0 Å². The van der Waals surface area contributed by atoms with Crippen molar-refractivity contribution in [3.63, 3.8) is 0 Å². The van der Waals surface area contributed by atoms with Gasteiger partial charge in [0.1, 0.15) is 0 Å². The van der Waals surface area contributed by atoms with Crippen LogP contribution >= 0.6 is 0 Å². The Kier molecular flexibility index (Phi) is 6.17. The first-order valence-electron chi connectivity index (χ1n) is 9.25. The van der Waals surface area contributed by atoms with Gasteiger partial charge in [0, 0.05) is 29.6 Å². The van der Waals surface area contributed by atoms with Crippen molar-refractivity contribution in [3.05, 3.63) is 95.3 Å². The number of pyridine rings is 1. The van der Waals surface area contributed by atoms with E-state index in [1.165, 1.54) is 0 Å². The highest BCUT2D eigenvalue weighted by atomic mass is 16.2. The molecule has 5 nitrogen and oxygen atoms in total. The monoisotopic (exact) mass is 373 g/mol. The summed E-state index contributed by atoms with van der Waals surface area (Å²) in [6, 6.07) is 20.2. The Morgan fingerprint density at radius 2 is 1.75 bits per heavy atom. The van der Waals surface area contributed by atoms with Gasteiger partial charge in [-0.2, -0.15) is 0 Å². The average Bonchev–Trinajstić information content (AvgIpc) is 2.73. The number of amides is 2. The van der Waals surface area contributed by atoms with Crippen LogP contribution in [0.4, 0.5) is 5.69 Å². The van der Waals surface area contributed by atoms with Crippen molar-refractivity contribution in [3.8, 4) is 0 Å². The van der Waals surface area contributed by atoms with Gasteiger partial charge in [-0.1, -0.05) is 24.3 Å². The number of carbonyl (C=O) groups is 2. The van der Waals surface area contributed by atoms with Crippen molar-refractivity contribution in [2.75, 3.05) is 11.4 Å². The average molecular weight is 373 g/mol. The predicted molar refractivity (Wildman–Crippen MR) is 110 cm³/mol. The Morgan fingerprint density at radius 1 is 0.964 bits per heavy atom. The molecule has 0 atom stereocenters. The number of nitrogens with zero attached hydrogens (tertiary/aromatic N) is 2. The van der Waals surface area contributed by atoms with Gasteiger partial charge in [-0.15, -0.1) is 0 Å². The maximum Gasteiger partial charge on any atom is 0.258 e. The third-order valence-corrected chi connectivity index (χ3v) is 4.40. The summed E-state index contributed by atoms with van der Waals surface area (Å²) in [4.78, 5) is 31.4. The molecule has 5 heteroatoms. The molecular formula is C23H23N3O2. The highest BCUT2D eigenvalue weighted by Gasteiger charge is 2.17. The number of anilines is 1. The van der Waals surface area contributed by atoms with E-state index in [0.717, 1.165) is 16.9 Å². The maximum atomic E-state index is 13.0. The Morgan fingerprint density at radius 3 is 2.46 bits per heavy atom. The second-order valence-corrected chi connectivity index (χ2v) is 6.47. The van der Waals surface area contributed by atoms with Gasteiger partial charge < -0.3 is 10.2 Å². The minimum Gasteiger partial charge on any atom is -0.346 e. The molecule has 1 N–H and O–H groups in total. The fourth-order valence-corrected chi connectivity index (χ4v) is 2.96. The SMILES string of the molecule is CCN(C(=O)c1cccc(C(=O)NCc2ccccn2)c1)c1cccc(C)c1. The summed E-state index contributed by atoms with van der Waals surface area (Å²) in [6.07, 6.45) is 1.69. The zero-order valence-electron chi connectivity index (χ0n) is 16.1. The number of nitrogens with one attached hydrogen (secondary N) is 1. The smallest absolute Gasteiger partial charge is 0.258 e. The van der Waals surface area contributed by atoms with Crippen LogP contribution in [0, 0.1) is 6.92 Å². The molecule has 0 bridgehead atoms. The molecule has 0 spiro atoms. The van der Waals surface area contributed by atoms with Gasteiger partial charge in [0.15, 0.2) is 0 Å². The molecule has 0 unspecified atom stereocenters. The molecule has 1 heterocycles. The van der Waals surface area contributed by atoms with Crippen LogP contribution in [0.3, 0.4) is 0 Å². The molecule has 0 aliphatic carbocycles. The third-order valence-electron chi connectivity index (χ3n) is 4.40. The molecule has 28 heavy (non-hydrogen) atoms. The second-order valence-electron chi connectivity index (χ2n) is 6.47. The molecular weight excluding hydrogens is 350 g/mol. The summed E-state index contributed by atoms with van der Waals surface area (Å²) >= 11 is 0. The molecule has 142 valence electrons. The molecule has 0 saturated heterocycles. The Labute approximate surface area is 165 Å². The van der Waals surface area contributed by atoms with Crippen LogP contribution in [0.25, 0.3) is 0 Å². The Bertz CT molecular complexity index is 970. The van der Waals surface area contributed by atoms with E-state index in [1.54, 1.807) is 35.4 Å². The second kappa shape index (κ2) is 8.95. The normalized spacial score (nSPS) is 10.4. The van der Waals surface area contributed by atoms with Crippen LogP contribution in [-0.4, -0.2) is 23.3 Å². The lowest BCUT2D eigenvalue weighted by Gasteiger charge is -2.22. The van der Waals surface area contributed by atoms with Crippen LogP contribution in [0.2, 0.25) is 0 Å². The Balaban J connectivity index is 1.76. The molecule has 1 aromatic heterocycles. The minimum atomic E-state index is -0.237. The third kappa shape index (κ3) is 4.62. The van der Waals surface area contributed by atoms with E-state index in [2.05, 4.69) is 10.3 Å². The number of aromatic nitrogens is 1. The van der Waals surface area contributed by atoms with E-state index in [-0.39, 0.29) is 11.8 Å². The summed E-state index contributed by atoms with van der Waals surface area (Å²) in [5, 5.41) is 2.84. The number of hydrogen-bond donors (Lipinski definition) is 1. The van der Waals surface area contributed by atoms with Gasteiger partial charge in [-0.05, 0) is 61.9 Å². The summed E-state index contributed by atoms with van der Waals surface area (Å²) < 4.78 is 0. The minimum absolute atomic E-state index is 0.132. The van der Waals surface area contributed by atoms with E-state index >= 15 is 0 Å². The number of aryl methyl sites for hydroxylation is 1. The largest absolute Gasteiger partial charge is 0.346 e. The summed E-state index contributed by atoms with van der Waals surface area (Å²) in [5.41, 5.74) is 3.64. The molecule has 0 radical (unpaired) electrons. The number of rotatable bonds is 6. The fraction of sp³-hybridized carbons (Fsp3) is 0.174. The standard InChI is InChI=1S/C23H23N3O2/c1-3-26(21-12-6-8-17(2)14-21)23(28)19-10-7-9-18(15-19)22(27)25-16-20-11-4-5-13-24-20/h4-15H,3,16H2,1-2H3,(H,25,27). The molecule has 0 fully saturated rings. The maximum absolute atomic E-state index is 13.0. The van der Waals surface area contributed by atoms with Crippen molar-refractivity contribution >= 4 is 17.5 Å². The van der Waals surface area contributed by atoms with Gasteiger partial charge >= 0.3 is 0 Å². The lowest BCUT2D eigenvalue weighted by molar-refractivity contribution is 0.0950.